The molecule has 0 amide bonds. The number of benzene rings is 1. The largest absolute Gasteiger partial charge is 0.480 e. The molecule has 1 aromatic rings. The van der Waals surface area contributed by atoms with Crippen molar-refractivity contribution in [2.24, 2.45) is 0 Å². The number of carboxylic acids is 2. The second kappa shape index (κ2) is 5.66. The van der Waals surface area contributed by atoms with Crippen LogP contribution < -0.4 is 0 Å². The first-order valence-corrected chi connectivity index (χ1v) is 3.97. The first-order chi connectivity index (χ1) is 6.54. The minimum absolute atomic E-state index is 0. The van der Waals surface area contributed by atoms with Crippen molar-refractivity contribution in [1.82, 2.24) is 0 Å². The van der Waals surface area contributed by atoms with Gasteiger partial charge >= 0.3 is 11.9 Å². The third-order valence-corrected chi connectivity index (χ3v) is 1.89. The van der Waals surface area contributed by atoms with E-state index in [-0.39, 0.29) is 26.6 Å². The van der Waals surface area contributed by atoms with Gasteiger partial charge in [-0.3, -0.25) is 9.59 Å². The van der Waals surface area contributed by atoms with Crippen LogP contribution >= 0.6 is 0 Å². The summed E-state index contributed by atoms with van der Waals surface area (Å²) in [5.74, 6) is -4.28. The van der Waals surface area contributed by atoms with Crippen LogP contribution in [0.2, 0.25) is 0 Å². The Kier molecular flexibility index (Phi) is 5.23. The maximum atomic E-state index is 10.7. The standard InChI is InChI=1S/C10H9O4.W/c1-6-4-2-3-5-7(6)8(9(11)12)10(13)14;/h2-4,8H,1H3,(H,11,12)(H,13,14);/q-1;. The van der Waals surface area contributed by atoms with Gasteiger partial charge in [0.05, 0.1) is 0 Å². The van der Waals surface area contributed by atoms with Crippen molar-refractivity contribution in [2.75, 3.05) is 0 Å². The molecule has 4 nitrogen and oxygen atoms in total. The van der Waals surface area contributed by atoms with Crippen LogP contribution in [-0.2, 0) is 30.7 Å². The SMILES string of the molecule is Cc1ccc[c-]c1C(C(=O)O)C(=O)O.[W]. The van der Waals surface area contributed by atoms with Crippen LogP contribution in [0.5, 0.6) is 0 Å². The molecule has 0 radical (unpaired) electrons. The van der Waals surface area contributed by atoms with Gasteiger partial charge in [0.1, 0.15) is 0 Å². The Labute approximate surface area is 101 Å². The number of hydrogen-bond donors (Lipinski definition) is 2. The van der Waals surface area contributed by atoms with Crippen LogP contribution in [0.15, 0.2) is 18.2 Å². The van der Waals surface area contributed by atoms with Gasteiger partial charge in [-0.25, -0.2) is 0 Å². The van der Waals surface area contributed by atoms with Crippen molar-refractivity contribution in [3.63, 3.8) is 0 Å². The average molecular weight is 377 g/mol. The number of hydrogen-bond acceptors (Lipinski definition) is 2. The first-order valence-electron chi connectivity index (χ1n) is 3.97. The molecule has 0 saturated carbocycles. The summed E-state index contributed by atoms with van der Waals surface area (Å²) in [5, 5.41) is 17.4. The molecule has 0 fully saturated rings. The average Bonchev–Trinajstić information content (AvgIpc) is 2.07. The molecule has 2 N–H and O–H groups in total. The fourth-order valence-electron chi connectivity index (χ4n) is 1.20. The Balaban J connectivity index is 0.00000196. The van der Waals surface area contributed by atoms with Crippen LogP contribution in [0.4, 0.5) is 0 Å². The van der Waals surface area contributed by atoms with Gasteiger partial charge in [0.25, 0.3) is 0 Å². The number of carboxylic acid groups (broad SMARTS) is 2. The molecule has 0 saturated heterocycles. The summed E-state index contributed by atoms with van der Waals surface area (Å²) in [6.07, 6.45) is 0. The van der Waals surface area contributed by atoms with E-state index < -0.39 is 17.9 Å². The molecule has 0 aromatic heterocycles. The number of carbonyl (C=O) groups is 2. The molecule has 80 valence electrons. The van der Waals surface area contributed by atoms with E-state index in [9.17, 15) is 9.59 Å². The molecule has 0 spiro atoms. The predicted molar refractivity (Wildman–Crippen MR) is 48.0 cm³/mol. The van der Waals surface area contributed by atoms with Crippen LogP contribution in [0.1, 0.15) is 17.0 Å². The second-order valence-electron chi connectivity index (χ2n) is 2.88. The molecule has 15 heavy (non-hydrogen) atoms. The van der Waals surface area contributed by atoms with Gasteiger partial charge in [0.2, 0.25) is 0 Å². The van der Waals surface area contributed by atoms with E-state index in [1.165, 1.54) is 6.07 Å². The van der Waals surface area contributed by atoms with E-state index in [0.29, 0.717) is 5.56 Å². The molecule has 0 aliphatic heterocycles. The molecule has 1 aromatic carbocycles. The van der Waals surface area contributed by atoms with Gasteiger partial charge in [-0.15, -0.1) is 5.56 Å². The molecule has 1 rings (SSSR count). The molecule has 0 aliphatic rings. The Morgan fingerprint density at radius 2 is 1.87 bits per heavy atom. The number of aryl methyl sites for hydroxylation is 1. The van der Waals surface area contributed by atoms with Gasteiger partial charge in [-0.2, -0.15) is 29.8 Å². The van der Waals surface area contributed by atoms with Gasteiger partial charge in [0.15, 0.2) is 5.92 Å². The zero-order chi connectivity index (χ0) is 10.7. The fourth-order valence-corrected chi connectivity index (χ4v) is 1.20. The van der Waals surface area contributed by atoms with Crippen molar-refractivity contribution < 1.29 is 40.9 Å². The Hall–Kier alpha value is -1.15. The van der Waals surface area contributed by atoms with E-state index in [4.69, 9.17) is 10.2 Å². The topological polar surface area (TPSA) is 74.6 Å². The van der Waals surface area contributed by atoms with Gasteiger partial charge in [0, 0.05) is 21.1 Å². The minimum atomic E-state index is -1.53. The van der Waals surface area contributed by atoms with Gasteiger partial charge < -0.3 is 10.2 Å². The molecule has 0 aliphatic carbocycles. The Morgan fingerprint density at radius 3 is 2.27 bits per heavy atom. The quantitative estimate of drug-likeness (QED) is 0.610. The summed E-state index contributed by atoms with van der Waals surface area (Å²) in [5.41, 5.74) is 0.815. The van der Waals surface area contributed by atoms with Crippen LogP contribution in [0.25, 0.3) is 0 Å². The van der Waals surface area contributed by atoms with Crippen LogP contribution in [0, 0.1) is 13.0 Å². The van der Waals surface area contributed by atoms with Crippen LogP contribution in [0.3, 0.4) is 0 Å². The zero-order valence-electron chi connectivity index (χ0n) is 7.93. The summed E-state index contributed by atoms with van der Waals surface area (Å²) in [4.78, 5) is 21.4. The molecule has 0 unspecified atom stereocenters. The van der Waals surface area contributed by atoms with Crippen LogP contribution in [-0.4, -0.2) is 22.2 Å². The molecular weight excluding hydrogens is 368 g/mol. The minimum Gasteiger partial charge on any atom is -0.480 e. The van der Waals surface area contributed by atoms with Crippen molar-refractivity contribution >= 4 is 11.9 Å². The van der Waals surface area contributed by atoms with E-state index in [1.807, 2.05) is 0 Å². The van der Waals surface area contributed by atoms with Crippen molar-refractivity contribution in [2.45, 2.75) is 12.8 Å². The number of aliphatic carboxylic acids is 2. The normalized spacial score (nSPS) is 9.47. The smallest absolute Gasteiger partial charge is 0.320 e. The molecule has 0 heterocycles. The van der Waals surface area contributed by atoms with E-state index in [1.54, 1.807) is 19.1 Å². The molecular formula is C10H9O4W-. The summed E-state index contributed by atoms with van der Waals surface area (Å²) in [7, 11) is 0. The van der Waals surface area contributed by atoms with Gasteiger partial charge in [-0.1, -0.05) is 6.92 Å². The number of rotatable bonds is 3. The first kappa shape index (κ1) is 13.8. The van der Waals surface area contributed by atoms with E-state index >= 15 is 0 Å². The third kappa shape index (κ3) is 3.17. The maximum Gasteiger partial charge on any atom is 0.320 e. The summed E-state index contributed by atoms with van der Waals surface area (Å²) < 4.78 is 0. The maximum absolute atomic E-state index is 10.7. The monoisotopic (exact) mass is 377 g/mol. The molecule has 0 bridgehead atoms. The van der Waals surface area contributed by atoms with Gasteiger partial charge in [-0.05, 0) is 0 Å². The Bertz CT molecular complexity index is 361. The van der Waals surface area contributed by atoms with E-state index in [2.05, 4.69) is 6.07 Å². The fraction of sp³-hybridized carbons (Fsp3) is 0.200. The second-order valence-corrected chi connectivity index (χ2v) is 2.88. The molecule has 0 atom stereocenters. The Morgan fingerprint density at radius 1 is 1.33 bits per heavy atom. The third-order valence-electron chi connectivity index (χ3n) is 1.89. The van der Waals surface area contributed by atoms with Crippen molar-refractivity contribution in [1.29, 1.82) is 0 Å². The van der Waals surface area contributed by atoms with Crippen molar-refractivity contribution in [3.8, 4) is 0 Å². The summed E-state index contributed by atoms with van der Waals surface area (Å²) in [6, 6.07) is 7.48. The zero-order valence-corrected chi connectivity index (χ0v) is 10.9. The van der Waals surface area contributed by atoms with E-state index in [0.717, 1.165) is 0 Å². The summed E-state index contributed by atoms with van der Waals surface area (Å²) in [6.45, 7) is 1.66. The molecule has 5 heteroatoms. The predicted octanol–water partition coefficient (Wildman–Crippen LogP) is 1.05. The summed E-state index contributed by atoms with van der Waals surface area (Å²) >= 11 is 0. The van der Waals surface area contributed by atoms with Crippen molar-refractivity contribution in [3.05, 3.63) is 35.4 Å².